The molecule has 0 saturated carbocycles. The lowest BCUT2D eigenvalue weighted by molar-refractivity contribution is 0.0673. The molecular formula is C15H21N3O2. The Balaban J connectivity index is 1.58. The van der Waals surface area contributed by atoms with E-state index >= 15 is 0 Å². The van der Waals surface area contributed by atoms with E-state index in [1.807, 2.05) is 4.90 Å². The molecule has 5 heteroatoms. The summed E-state index contributed by atoms with van der Waals surface area (Å²) in [6.45, 7) is 2.74. The lowest BCUT2D eigenvalue weighted by Crippen LogP contribution is -2.43. The van der Waals surface area contributed by atoms with Crippen LogP contribution in [0.2, 0.25) is 0 Å². The number of hydrogen-bond donors (Lipinski definition) is 2. The van der Waals surface area contributed by atoms with Crippen molar-refractivity contribution in [3.8, 4) is 5.75 Å². The largest absolute Gasteiger partial charge is 0.506 e. The molecule has 1 aromatic heterocycles. The Labute approximate surface area is 119 Å². The van der Waals surface area contributed by atoms with Gasteiger partial charge in [-0.1, -0.05) is 0 Å². The van der Waals surface area contributed by atoms with Crippen LogP contribution < -0.4 is 5.32 Å². The molecule has 2 N–H and O–H groups in total. The van der Waals surface area contributed by atoms with Crippen molar-refractivity contribution in [1.82, 2.24) is 15.2 Å². The minimum absolute atomic E-state index is 0.0220. The standard InChI is InChI=1S/C15H21N3O2/c19-13-8-12(9-16-10-13)15(20)18-6-3-11(4-7-18)14-2-1-5-17-14/h8-11,14,17,19H,1-7H2. The predicted octanol–water partition coefficient (Wildman–Crippen LogP) is 1.39. The number of nitrogens with one attached hydrogen (secondary N) is 1. The zero-order valence-corrected chi connectivity index (χ0v) is 11.6. The summed E-state index contributed by atoms with van der Waals surface area (Å²) in [7, 11) is 0. The van der Waals surface area contributed by atoms with Crippen LogP contribution in [0, 0.1) is 5.92 Å². The predicted molar refractivity (Wildman–Crippen MR) is 75.6 cm³/mol. The summed E-state index contributed by atoms with van der Waals surface area (Å²) >= 11 is 0. The maximum atomic E-state index is 12.3. The molecule has 1 aromatic rings. The van der Waals surface area contributed by atoms with E-state index in [2.05, 4.69) is 10.3 Å². The number of amides is 1. The molecule has 1 unspecified atom stereocenters. The van der Waals surface area contributed by atoms with Crippen LogP contribution in [-0.4, -0.2) is 46.6 Å². The molecule has 1 atom stereocenters. The van der Waals surface area contributed by atoms with Gasteiger partial charge in [-0.15, -0.1) is 0 Å². The zero-order chi connectivity index (χ0) is 13.9. The Hall–Kier alpha value is -1.62. The van der Waals surface area contributed by atoms with Gasteiger partial charge in [0.1, 0.15) is 5.75 Å². The van der Waals surface area contributed by atoms with Gasteiger partial charge < -0.3 is 15.3 Å². The van der Waals surface area contributed by atoms with Gasteiger partial charge in [-0.3, -0.25) is 9.78 Å². The molecule has 3 rings (SSSR count). The molecule has 0 spiro atoms. The van der Waals surface area contributed by atoms with Crippen LogP contribution in [-0.2, 0) is 0 Å². The van der Waals surface area contributed by atoms with E-state index in [4.69, 9.17) is 0 Å². The van der Waals surface area contributed by atoms with Crippen LogP contribution in [0.4, 0.5) is 0 Å². The fraction of sp³-hybridized carbons (Fsp3) is 0.600. The van der Waals surface area contributed by atoms with Gasteiger partial charge >= 0.3 is 0 Å². The average molecular weight is 275 g/mol. The quantitative estimate of drug-likeness (QED) is 0.856. The number of carbonyl (C=O) groups excluding carboxylic acids is 1. The molecule has 5 nitrogen and oxygen atoms in total. The summed E-state index contributed by atoms with van der Waals surface area (Å²) in [5, 5.41) is 13.0. The lowest BCUT2D eigenvalue weighted by Gasteiger charge is -2.34. The number of aromatic nitrogens is 1. The highest BCUT2D eigenvalue weighted by Crippen LogP contribution is 2.26. The molecule has 2 saturated heterocycles. The minimum atomic E-state index is -0.0220. The number of hydrogen-bond acceptors (Lipinski definition) is 4. The normalized spacial score (nSPS) is 24.0. The van der Waals surface area contributed by atoms with Crippen molar-refractivity contribution in [2.24, 2.45) is 5.92 Å². The first-order valence-electron chi connectivity index (χ1n) is 7.41. The maximum absolute atomic E-state index is 12.3. The van der Waals surface area contributed by atoms with Crippen LogP contribution in [0.1, 0.15) is 36.0 Å². The first-order valence-corrected chi connectivity index (χ1v) is 7.41. The zero-order valence-electron chi connectivity index (χ0n) is 11.6. The number of carbonyl (C=O) groups is 1. The molecule has 2 fully saturated rings. The van der Waals surface area contributed by atoms with Gasteiger partial charge in [0.2, 0.25) is 0 Å². The molecule has 20 heavy (non-hydrogen) atoms. The van der Waals surface area contributed by atoms with E-state index < -0.39 is 0 Å². The topological polar surface area (TPSA) is 65.5 Å². The fourth-order valence-corrected chi connectivity index (χ4v) is 3.35. The van der Waals surface area contributed by atoms with Gasteiger partial charge in [0.05, 0.1) is 11.8 Å². The molecule has 0 bridgehead atoms. The van der Waals surface area contributed by atoms with Gasteiger partial charge in [0, 0.05) is 25.3 Å². The molecule has 108 valence electrons. The Kier molecular flexibility index (Phi) is 3.87. The molecule has 0 aliphatic carbocycles. The highest BCUT2D eigenvalue weighted by atomic mass is 16.3. The van der Waals surface area contributed by atoms with Crippen molar-refractivity contribution in [2.45, 2.75) is 31.7 Å². The summed E-state index contributed by atoms with van der Waals surface area (Å²) < 4.78 is 0. The number of piperidine rings is 1. The first kappa shape index (κ1) is 13.4. The average Bonchev–Trinajstić information content (AvgIpc) is 3.01. The van der Waals surface area contributed by atoms with Crippen LogP contribution in [0.15, 0.2) is 18.5 Å². The van der Waals surface area contributed by atoms with E-state index in [9.17, 15) is 9.90 Å². The van der Waals surface area contributed by atoms with E-state index in [1.54, 1.807) is 0 Å². The number of nitrogens with zero attached hydrogens (tertiary/aromatic N) is 2. The number of rotatable bonds is 2. The van der Waals surface area contributed by atoms with Gasteiger partial charge in [-0.05, 0) is 44.2 Å². The summed E-state index contributed by atoms with van der Waals surface area (Å²) in [6, 6.07) is 2.13. The second-order valence-corrected chi connectivity index (χ2v) is 5.76. The number of pyridine rings is 1. The SMILES string of the molecule is O=C(c1cncc(O)c1)N1CCC(C2CCCN2)CC1. The molecule has 3 heterocycles. The molecule has 0 radical (unpaired) electrons. The number of aromatic hydroxyl groups is 1. The second kappa shape index (κ2) is 5.79. The molecule has 1 amide bonds. The van der Waals surface area contributed by atoms with Crippen molar-refractivity contribution >= 4 is 5.91 Å². The van der Waals surface area contributed by atoms with Gasteiger partial charge in [-0.2, -0.15) is 0 Å². The van der Waals surface area contributed by atoms with E-state index in [1.165, 1.54) is 31.3 Å². The monoisotopic (exact) mass is 275 g/mol. The Morgan fingerprint density at radius 3 is 2.75 bits per heavy atom. The maximum Gasteiger partial charge on any atom is 0.255 e. The van der Waals surface area contributed by atoms with E-state index in [0.717, 1.165) is 32.5 Å². The van der Waals surface area contributed by atoms with Crippen molar-refractivity contribution in [1.29, 1.82) is 0 Å². The van der Waals surface area contributed by atoms with Gasteiger partial charge in [0.15, 0.2) is 0 Å². The van der Waals surface area contributed by atoms with Crippen LogP contribution in [0.3, 0.4) is 0 Å². The molecular weight excluding hydrogens is 254 g/mol. The summed E-state index contributed by atoms with van der Waals surface area (Å²) in [5.74, 6) is 0.718. The smallest absolute Gasteiger partial charge is 0.255 e. The summed E-state index contributed by atoms with van der Waals surface area (Å²) in [6.07, 6.45) is 7.54. The molecule has 0 aromatic carbocycles. The van der Waals surface area contributed by atoms with E-state index in [0.29, 0.717) is 17.5 Å². The third-order valence-electron chi connectivity index (χ3n) is 4.47. The lowest BCUT2D eigenvalue weighted by atomic mass is 9.88. The Morgan fingerprint density at radius 2 is 2.10 bits per heavy atom. The fourth-order valence-electron chi connectivity index (χ4n) is 3.35. The van der Waals surface area contributed by atoms with Crippen LogP contribution in [0.5, 0.6) is 5.75 Å². The Bertz CT molecular complexity index is 478. The van der Waals surface area contributed by atoms with Crippen LogP contribution in [0.25, 0.3) is 0 Å². The second-order valence-electron chi connectivity index (χ2n) is 5.76. The molecule has 2 aliphatic heterocycles. The van der Waals surface area contributed by atoms with Crippen molar-refractivity contribution in [3.05, 3.63) is 24.0 Å². The first-order chi connectivity index (χ1) is 9.74. The number of likely N-dealkylation sites (tertiary alicyclic amines) is 1. The minimum Gasteiger partial charge on any atom is -0.506 e. The van der Waals surface area contributed by atoms with Gasteiger partial charge in [0.25, 0.3) is 5.91 Å². The van der Waals surface area contributed by atoms with Crippen molar-refractivity contribution in [3.63, 3.8) is 0 Å². The van der Waals surface area contributed by atoms with E-state index in [-0.39, 0.29) is 11.7 Å². The molecule has 2 aliphatic rings. The summed E-state index contributed by atoms with van der Waals surface area (Å²) in [5.41, 5.74) is 0.474. The van der Waals surface area contributed by atoms with Crippen LogP contribution >= 0.6 is 0 Å². The van der Waals surface area contributed by atoms with Crippen molar-refractivity contribution < 1.29 is 9.90 Å². The highest BCUT2D eigenvalue weighted by molar-refractivity contribution is 5.94. The summed E-state index contributed by atoms with van der Waals surface area (Å²) in [4.78, 5) is 18.1. The Morgan fingerprint density at radius 1 is 1.30 bits per heavy atom. The van der Waals surface area contributed by atoms with Gasteiger partial charge in [-0.25, -0.2) is 0 Å². The third kappa shape index (κ3) is 2.77. The highest BCUT2D eigenvalue weighted by Gasteiger charge is 2.30. The van der Waals surface area contributed by atoms with Crippen molar-refractivity contribution in [2.75, 3.05) is 19.6 Å². The third-order valence-corrected chi connectivity index (χ3v) is 4.47.